The summed E-state index contributed by atoms with van der Waals surface area (Å²) in [7, 11) is 1.26. The fourth-order valence-corrected chi connectivity index (χ4v) is 2.03. The van der Waals surface area contributed by atoms with E-state index in [0.717, 1.165) is 0 Å². The SMILES string of the molecule is COC(=O)Nc1cccc(NC(=O)NCCc2ccccc2F)c1. The number of amides is 3. The number of rotatable bonds is 5. The van der Waals surface area contributed by atoms with E-state index in [9.17, 15) is 14.0 Å². The van der Waals surface area contributed by atoms with Crippen LogP contribution in [0.3, 0.4) is 0 Å². The maximum absolute atomic E-state index is 13.5. The molecule has 3 N–H and O–H groups in total. The van der Waals surface area contributed by atoms with Crippen molar-refractivity contribution in [3.8, 4) is 0 Å². The van der Waals surface area contributed by atoms with Crippen molar-refractivity contribution in [2.24, 2.45) is 0 Å². The molecule has 0 bridgehead atoms. The van der Waals surface area contributed by atoms with Gasteiger partial charge in [0.25, 0.3) is 0 Å². The topological polar surface area (TPSA) is 79.5 Å². The molecular formula is C17H18FN3O3. The Morgan fingerprint density at radius 1 is 1.04 bits per heavy atom. The van der Waals surface area contributed by atoms with E-state index in [1.165, 1.54) is 13.2 Å². The number of methoxy groups -OCH3 is 1. The highest BCUT2D eigenvalue weighted by Gasteiger charge is 2.05. The maximum Gasteiger partial charge on any atom is 0.411 e. The lowest BCUT2D eigenvalue weighted by Crippen LogP contribution is -2.30. The zero-order valence-corrected chi connectivity index (χ0v) is 13.1. The summed E-state index contributed by atoms with van der Waals surface area (Å²) >= 11 is 0. The molecule has 6 nitrogen and oxygen atoms in total. The van der Waals surface area contributed by atoms with E-state index >= 15 is 0 Å². The number of carbonyl (C=O) groups excluding carboxylic acids is 2. The van der Waals surface area contributed by atoms with Crippen LogP contribution in [-0.2, 0) is 11.2 Å². The van der Waals surface area contributed by atoms with Gasteiger partial charge < -0.3 is 15.4 Å². The van der Waals surface area contributed by atoms with Crippen molar-refractivity contribution in [1.82, 2.24) is 5.32 Å². The summed E-state index contributed by atoms with van der Waals surface area (Å²) in [5.74, 6) is -0.290. The van der Waals surface area contributed by atoms with Crippen LogP contribution in [0.2, 0.25) is 0 Å². The Labute approximate surface area is 139 Å². The van der Waals surface area contributed by atoms with Crippen molar-refractivity contribution in [2.75, 3.05) is 24.3 Å². The molecule has 0 aliphatic heterocycles. The fourth-order valence-electron chi connectivity index (χ4n) is 2.03. The molecular weight excluding hydrogens is 313 g/mol. The Kier molecular flexibility index (Phi) is 6.13. The molecule has 0 saturated carbocycles. The van der Waals surface area contributed by atoms with E-state index in [-0.39, 0.29) is 5.82 Å². The fraction of sp³-hybridized carbons (Fsp3) is 0.176. The van der Waals surface area contributed by atoms with E-state index in [2.05, 4.69) is 20.7 Å². The van der Waals surface area contributed by atoms with Gasteiger partial charge in [0.2, 0.25) is 0 Å². The highest BCUT2D eigenvalue weighted by Crippen LogP contribution is 2.15. The van der Waals surface area contributed by atoms with Crippen LogP contribution in [-0.4, -0.2) is 25.8 Å². The molecule has 0 unspecified atom stereocenters. The minimum absolute atomic E-state index is 0.290. The number of carbonyl (C=O) groups is 2. The Balaban J connectivity index is 1.83. The highest BCUT2D eigenvalue weighted by molar-refractivity contribution is 5.91. The van der Waals surface area contributed by atoms with Crippen LogP contribution in [0.1, 0.15) is 5.56 Å². The van der Waals surface area contributed by atoms with E-state index in [4.69, 9.17) is 0 Å². The summed E-state index contributed by atoms with van der Waals surface area (Å²) in [4.78, 5) is 23.0. The lowest BCUT2D eigenvalue weighted by Gasteiger charge is -2.10. The average Bonchev–Trinajstić information content (AvgIpc) is 2.57. The maximum atomic E-state index is 13.5. The molecule has 0 aliphatic carbocycles. The summed E-state index contributed by atoms with van der Waals surface area (Å²) < 4.78 is 18.0. The smallest absolute Gasteiger partial charge is 0.411 e. The van der Waals surface area contributed by atoms with Gasteiger partial charge in [-0.1, -0.05) is 24.3 Å². The van der Waals surface area contributed by atoms with Gasteiger partial charge in [-0.15, -0.1) is 0 Å². The normalized spacial score (nSPS) is 9.92. The summed E-state index contributed by atoms with van der Waals surface area (Å²) in [5, 5.41) is 7.79. The van der Waals surface area contributed by atoms with Crippen LogP contribution in [0.5, 0.6) is 0 Å². The van der Waals surface area contributed by atoms with Crippen LogP contribution in [0.15, 0.2) is 48.5 Å². The summed E-state index contributed by atoms with van der Waals surface area (Å²) in [6.45, 7) is 0.298. The second-order valence-electron chi connectivity index (χ2n) is 4.92. The van der Waals surface area contributed by atoms with Crippen LogP contribution in [0.4, 0.5) is 25.4 Å². The summed E-state index contributed by atoms with van der Waals surface area (Å²) in [6, 6.07) is 12.6. The summed E-state index contributed by atoms with van der Waals surface area (Å²) in [5.41, 5.74) is 1.54. The molecule has 0 heterocycles. The van der Waals surface area contributed by atoms with Gasteiger partial charge in [-0.05, 0) is 36.2 Å². The first kappa shape index (κ1) is 17.3. The van der Waals surface area contributed by atoms with Crippen molar-refractivity contribution in [1.29, 1.82) is 0 Å². The first-order valence-electron chi connectivity index (χ1n) is 7.32. The Morgan fingerprint density at radius 2 is 1.75 bits per heavy atom. The third-order valence-corrected chi connectivity index (χ3v) is 3.19. The summed E-state index contributed by atoms with van der Waals surface area (Å²) in [6.07, 6.45) is -0.203. The van der Waals surface area contributed by atoms with Crippen LogP contribution in [0, 0.1) is 5.82 Å². The van der Waals surface area contributed by atoms with Gasteiger partial charge in [-0.25, -0.2) is 14.0 Å². The standard InChI is InChI=1S/C17H18FN3O3/c1-24-17(23)21-14-7-4-6-13(11-14)20-16(22)19-10-9-12-5-2-3-8-15(12)18/h2-8,11H,9-10H2,1H3,(H,21,23)(H2,19,20,22). The lowest BCUT2D eigenvalue weighted by molar-refractivity contribution is 0.187. The Bertz CT molecular complexity index is 722. The minimum atomic E-state index is -0.596. The predicted octanol–water partition coefficient (Wildman–Crippen LogP) is 3.37. The molecule has 2 aromatic rings. The minimum Gasteiger partial charge on any atom is -0.453 e. The van der Waals surface area contributed by atoms with Gasteiger partial charge >= 0.3 is 12.1 Å². The quantitative estimate of drug-likeness (QED) is 0.786. The van der Waals surface area contributed by atoms with Crippen LogP contribution < -0.4 is 16.0 Å². The Morgan fingerprint density at radius 3 is 2.46 bits per heavy atom. The number of halogens is 1. The average molecular weight is 331 g/mol. The van der Waals surface area contributed by atoms with Gasteiger partial charge in [0.1, 0.15) is 5.82 Å². The number of hydrogen-bond acceptors (Lipinski definition) is 3. The number of benzene rings is 2. The second kappa shape index (κ2) is 8.52. The molecule has 0 aliphatic rings. The molecule has 0 fully saturated rings. The molecule has 24 heavy (non-hydrogen) atoms. The monoisotopic (exact) mass is 331 g/mol. The Hall–Kier alpha value is -3.09. The lowest BCUT2D eigenvalue weighted by atomic mass is 10.1. The van der Waals surface area contributed by atoms with Crippen molar-refractivity contribution >= 4 is 23.5 Å². The first-order valence-corrected chi connectivity index (χ1v) is 7.32. The van der Waals surface area contributed by atoms with Crippen LogP contribution >= 0.6 is 0 Å². The van der Waals surface area contributed by atoms with Crippen molar-refractivity contribution in [3.05, 3.63) is 59.9 Å². The molecule has 3 amide bonds. The molecule has 0 spiro atoms. The van der Waals surface area contributed by atoms with E-state index < -0.39 is 12.1 Å². The van der Waals surface area contributed by atoms with E-state index in [1.54, 1.807) is 42.5 Å². The molecule has 2 aromatic carbocycles. The van der Waals surface area contributed by atoms with Gasteiger partial charge in [-0.2, -0.15) is 0 Å². The van der Waals surface area contributed by atoms with E-state index in [1.807, 2.05) is 0 Å². The molecule has 0 atom stereocenters. The van der Waals surface area contributed by atoms with Gasteiger partial charge in [0.05, 0.1) is 7.11 Å². The molecule has 2 rings (SSSR count). The van der Waals surface area contributed by atoms with Gasteiger partial charge in [0.15, 0.2) is 0 Å². The third kappa shape index (κ3) is 5.28. The zero-order valence-electron chi connectivity index (χ0n) is 13.1. The molecule has 0 radical (unpaired) electrons. The van der Waals surface area contributed by atoms with Crippen molar-refractivity contribution in [2.45, 2.75) is 6.42 Å². The number of urea groups is 1. The highest BCUT2D eigenvalue weighted by atomic mass is 19.1. The largest absolute Gasteiger partial charge is 0.453 e. The van der Waals surface area contributed by atoms with Crippen molar-refractivity contribution < 1.29 is 18.7 Å². The predicted molar refractivity (Wildman–Crippen MR) is 89.6 cm³/mol. The van der Waals surface area contributed by atoms with Gasteiger partial charge in [-0.3, -0.25) is 5.32 Å². The molecule has 0 aromatic heterocycles. The van der Waals surface area contributed by atoms with Crippen LogP contribution in [0.25, 0.3) is 0 Å². The number of ether oxygens (including phenoxy) is 1. The molecule has 126 valence electrons. The molecule has 0 saturated heterocycles. The number of nitrogens with one attached hydrogen (secondary N) is 3. The third-order valence-electron chi connectivity index (χ3n) is 3.19. The molecule has 7 heteroatoms. The van der Waals surface area contributed by atoms with Crippen molar-refractivity contribution in [3.63, 3.8) is 0 Å². The zero-order chi connectivity index (χ0) is 17.4. The number of hydrogen-bond donors (Lipinski definition) is 3. The van der Waals surface area contributed by atoms with Gasteiger partial charge in [0, 0.05) is 17.9 Å². The van der Waals surface area contributed by atoms with E-state index in [0.29, 0.717) is 29.9 Å². The second-order valence-corrected chi connectivity index (χ2v) is 4.92. The first-order chi connectivity index (χ1) is 11.6. The number of anilines is 2.